The summed E-state index contributed by atoms with van der Waals surface area (Å²) in [5.74, 6) is 1.42. The number of rotatable bonds is 5. The van der Waals surface area contributed by atoms with E-state index in [1.807, 2.05) is 37.4 Å². The van der Waals surface area contributed by atoms with Crippen LogP contribution in [0.15, 0.2) is 23.6 Å². The lowest BCUT2D eigenvalue weighted by molar-refractivity contribution is -0.122. The summed E-state index contributed by atoms with van der Waals surface area (Å²) in [5, 5.41) is 6.08. The van der Waals surface area contributed by atoms with Gasteiger partial charge in [-0.3, -0.25) is 4.79 Å². The average Bonchev–Trinajstić information content (AvgIpc) is 3.14. The summed E-state index contributed by atoms with van der Waals surface area (Å²) in [5.41, 5.74) is 1.30. The molecule has 1 aromatic heterocycles. The fourth-order valence-electron chi connectivity index (χ4n) is 2.51. The number of carbonyl (C=O) groups excluding carboxylic acids is 1. The van der Waals surface area contributed by atoms with E-state index in [0.29, 0.717) is 6.42 Å². The fourth-order valence-corrected chi connectivity index (χ4v) is 3.25. The summed E-state index contributed by atoms with van der Waals surface area (Å²) in [6.07, 6.45) is 1.19. The van der Waals surface area contributed by atoms with Crippen LogP contribution >= 0.6 is 11.3 Å². The highest BCUT2D eigenvalue weighted by Crippen LogP contribution is 2.35. The Morgan fingerprint density at radius 2 is 2.13 bits per heavy atom. The fraction of sp³-hybridized carbons (Fsp3) is 0.412. The molecule has 0 unspecified atom stereocenters. The van der Waals surface area contributed by atoms with Crippen molar-refractivity contribution in [1.29, 1.82) is 0 Å². The number of nitrogens with one attached hydrogen (secondary N) is 1. The molecular weight excluding hydrogens is 312 g/mol. The predicted molar refractivity (Wildman–Crippen MR) is 88.9 cm³/mol. The largest absolute Gasteiger partial charge is 0.454 e. The van der Waals surface area contributed by atoms with Crippen molar-refractivity contribution in [3.8, 4) is 11.5 Å². The van der Waals surface area contributed by atoms with Gasteiger partial charge in [-0.15, -0.1) is 11.3 Å². The quantitative estimate of drug-likeness (QED) is 0.914. The molecule has 1 aliphatic heterocycles. The van der Waals surface area contributed by atoms with Gasteiger partial charge in [-0.05, 0) is 38.0 Å². The van der Waals surface area contributed by atoms with Crippen LogP contribution < -0.4 is 14.8 Å². The molecule has 23 heavy (non-hydrogen) atoms. The van der Waals surface area contributed by atoms with E-state index in [1.165, 1.54) is 0 Å². The molecule has 1 aliphatic rings. The molecule has 0 fully saturated rings. The lowest BCUT2D eigenvalue weighted by Gasteiger charge is -2.27. The van der Waals surface area contributed by atoms with Gasteiger partial charge in [-0.25, -0.2) is 4.98 Å². The maximum Gasteiger partial charge on any atom is 0.231 e. The highest BCUT2D eigenvalue weighted by molar-refractivity contribution is 7.09. The minimum absolute atomic E-state index is 0.0411. The first-order valence-corrected chi connectivity index (χ1v) is 8.50. The van der Waals surface area contributed by atoms with Crippen molar-refractivity contribution in [3.05, 3.63) is 39.8 Å². The molecule has 2 heterocycles. The number of aryl methyl sites for hydroxylation is 1. The Morgan fingerprint density at radius 1 is 1.35 bits per heavy atom. The Balaban J connectivity index is 1.68. The number of aromatic nitrogens is 1. The van der Waals surface area contributed by atoms with Gasteiger partial charge in [0.25, 0.3) is 0 Å². The van der Waals surface area contributed by atoms with Crippen molar-refractivity contribution < 1.29 is 14.3 Å². The zero-order valence-corrected chi connectivity index (χ0v) is 14.3. The van der Waals surface area contributed by atoms with Crippen LogP contribution in [0.25, 0.3) is 0 Å². The number of fused-ring (bicyclic) bond motifs is 1. The SMILES string of the molecule is CCc1nc(CC(=O)NC(C)(C)c2ccc3c(c2)OCO3)cs1. The number of hydrogen-bond donors (Lipinski definition) is 1. The van der Waals surface area contributed by atoms with E-state index in [-0.39, 0.29) is 12.7 Å². The van der Waals surface area contributed by atoms with Crippen LogP contribution in [-0.4, -0.2) is 17.7 Å². The highest BCUT2D eigenvalue weighted by atomic mass is 32.1. The van der Waals surface area contributed by atoms with Crippen LogP contribution in [0.1, 0.15) is 37.0 Å². The summed E-state index contributed by atoms with van der Waals surface area (Å²) in [6, 6.07) is 5.74. The molecule has 1 aromatic carbocycles. The second kappa shape index (κ2) is 6.20. The van der Waals surface area contributed by atoms with Crippen LogP contribution in [-0.2, 0) is 23.2 Å². The van der Waals surface area contributed by atoms with E-state index in [9.17, 15) is 4.79 Å². The van der Waals surface area contributed by atoms with Crippen molar-refractivity contribution in [1.82, 2.24) is 10.3 Å². The number of hydrogen-bond acceptors (Lipinski definition) is 5. The molecule has 122 valence electrons. The summed E-state index contributed by atoms with van der Waals surface area (Å²) < 4.78 is 10.7. The van der Waals surface area contributed by atoms with Gasteiger partial charge in [0, 0.05) is 5.38 Å². The Bertz CT molecular complexity index is 724. The topological polar surface area (TPSA) is 60.5 Å². The van der Waals surface area contributed by atoms with Gasteiger partial charge < -0.3 is 14.8 Å². The normalized spacial score (nSPS) is 13.2. The highest BCUT2D eigenvalue weighted by Gasteiger charge is 2.26. The molecule has 0 spiro atoms. The van der Waals surface area contributed by atoms with E-state index in [4.69, 9.17) is 9.47 Å². The number of amides is 1. The Morgan fingerprint density at radius 3 is 2.87 bits per heavy atom. The van der Waals surface area contributed by atoms with Gasteiger partial charge in [0.2, 0.25) is 12.7 Å². The molecule has 1 N–H and O–H groups in total. The summed E-state index contributed by atoms with van der Waals surface area (Å²) in [7, 11) is 0. The van der Waals surface area contributed by atoms with Crippen molar-refractivity contribution in [2.24, 2.45) is 0 Å². The summed E-state index contributed by atoms with van der Waals surface area (Å²) in [4.78, 5) is 16.8. The standard InChI is InChI=1S/C17H20N2O3S/c1-4-16-18-12(9-23-16)8-15(20)19-17(2,3)11-5-6-13-14(7-11)22-10-21-13/h5-7,9H,4,8,10H2,1-3H3,(H,19,20). The van der Waals surface area contributed by atoms with Gasteiger partial charge in [0.15, 0.2) is 11.5 Å². The third kappa shape index (κ3) is 3.47. The second-order valence-electron chi connectivity index (χ2n) is 6.00. The maximum atomic E-state index is 12.3. The van der Waals surface area contributed by atoms with Crippen LogP contribution in [0.2, 0.25) is 0 Å². The zero-order valence-electron chi connectivity index (χ0n) is 13.5. The minimum Gasteiger partial charge on any atom is -0.454 e. The van der Waals surface area contributed by atoms with Gasteiger partial charge in [0.1, 0.15) is 0 Å². The summed E-state index contributed by atoms with van der Waals surface area (Å²) >= 11 is 1.60. The molecule has 0 radical (unpaired) electrons. The van der Waals surface area contributed by atoms with E-state index in [0.717, 1.165) is 34.2 Å². The molecular formula is C17H20N2O3S. The van der Waals surface area contributed by atoms with Gasteiger partial charge in [0.05, 0.1) is 22.7 Å². The molecule has 3 rings (SSSR count). The third-order valence-electron chi connectivity index (χ3n) is 3.79. The van der Waals surface area contributed by atoms with Crippen LogP contribution in [0.3, 0.4) is 0 Å². The molecule has 1 amide bonds. The molecule has 5 nitrogen and oxygen atoms in total. The lowest BCUT2D eigenvalue weighted by Crippen LogP contribution is -2.41. The minimum atomic E-state index is -0.498. The van der Waals surface area contributed by atoms with E-state index < -0.39 is 5.54 Å². The molecule has 6 heteroatoms. The third-order valence-corrected chi connectivity index (χ3v) is 4.83. The molecule has 0 saturated carbocycles. The van der Waals surface area contributed by atoms with Crippen LogP contribution in [0.4, 0.5) is 0 Å². The van der Waals surface area contributed by atoms with E-state index in [1.54, 1.807) is 11.3 Å². The van der Waals surface area contributed by atoms with Gasteiger partial charge in [-0.2, -0.15) is 0 Å². The van der Waals surface area contributed by atoms with E-state index in [2.05, 4.69) is 17.2 Å². The number of nitrogens with zero attached hydrogens (tertiary/aromatic N) is 1. The number of thiazole rings is 1. The Labute approximate surface area is 139 Å². The van der Waals surface area contributed by atoms with E-state index >= 15 is 0 Å². The first-order valence-electron chi connectivity index (χ1n) is 7.62. The van der Waals surface area contributed by atoms with Crippen LogP contribution in [0, 0.1) is 0 Å². The Kier molecular flexibility index (Phi) is 4.26. The first-order chi connectivity index (χ1) is 11.0. The smallest absolute Gasteiger partial charge is 0.231 e. The molecule has 0 saturated heterocycles. The Hall–Kier alpha value is -2.08. The van der Waals surface area contributed by atoms with Gasteiger partial charge in [-0.1, -0.05) is 13.0 Å². The molecule has 2 aromatic rings. The number of carbonyl (C=O) groups is 1. The summed E-state index contributed by atoms with van der Waals surface area (Å²) in [6.45, 7) is 6.25. The molecule has 0 bridgehead atoms. The number of ether oxygens (including phenoxy) is 2. The van der Waals surface area contributed by atoms with Crippen molar-refractivity contribution in [2.75, 3.05) is 6.79 Å². The first kappa shape index (κ1) is 15.8. The zero-order chi connectivity index (χ0) is 16.4. The van der Waals surface area contributed by atoms with Crippen molar-refractivity contribution >= 4 is 17.2 Å². The van der Waals surface area contributed by atoms with Crippen molar-refractivity contribution in [3.63, 3.8) is 0 Å². The van der Waals surface area contributed by atoms with Crippen LogP contribution in [0.5, 0.6) is 11.5 Å². The monoisotopic (exact) mass is 332 g/mol. The predicted octanol–water partition coefficient (Wildman–Crippen LogP) is 3.03. The second-order valence-corrected chi connectivity index (χ2v) is 6.95. The average molecular weight is 332 g/mol. The molecule has 0 atom stereocenters. The number of benzene rings is 1. The lowest BCUT2D eigenvalue weighted by atomic mass is 9.93. The molecule has 0 aliphatic carbocycles. The van der Waals surface area contributed by atoms with Gasteiger partial charge >= 0.3 is 0 Å². The maximum absolute atomic E-state index is 12.3. The van der Waals surface area contributed by atoms with Crippen molar-refractivity contribution in [2.45, 2.75) is 39.2 Å².